The number of hydrogen-bond acceptors (Lipinski definition) is 2. The van der Waals surface area contributed by atoms with Crippen molar-refractivity contribution in [3.8, 4) is 0 Å². The molecule has 1 fully saturated rings. The van der Waals surface area contributed by atoms with Crippen molar-refractivity contribution in [2.45, 2.75) is 73.0 Å². The highest BCUT2D eigenvalue weighted by atomic mass is 16.2. The van der Waals surface area contributed by atoms with Crippen molar-refractivity contribution >= 4 is 11.8 Å². The lowest BCUT2D eigenvalue weighted by molar-refractivity contribution is -0.155. The lowest BCUT2D eigenvalue weighted by Crippen LogP contribution is -2.67. The number of amides is 2. The normalized spacial score (nSPS) is 28.1. The molecule has 0 bridgehead atoms. The summed E-state index contributed by atoms with van der Waals surface area (Å²) in [6.45, 7) is 14.2. The SMILES string of the molecule is CCC(C)C1NC(=O)C(C)N(C(C)C(C)(C)C)C1=O. The zero-order chi connectivity index (χ0) is 15.0. The molecule has 0 aromatic carbocycles. The van der Waals surface area contributed by atoms with Crippen LogP contribution in [-0.4, -0.2) is 34.8 Å². The maximum Gasteiger partial charge on any atom is 0.246 e. The van der Waals surface area contributed by atoms with Crippen LogP contribution in [0.15, 0.2) is 0 Å². The van der Waals surface area contributed by atoms with Crippen molar-refractivity contribution in [2.75, 3.05) is 0 Å². The summed E-state index contributed by atoms with van der Waals surface area (Å²) in [6.07, 6.45) is 0.878. The molecule has 0 radical (unpaired) electrons. The lowest BCUT2D eigenvalue weighted by atomic mass is 9.84. The summed E-state index contributed by atoms with van der Waals surface area (Å²) < 4.78 is 0. The molecule has 0 spiro atoms. The minimum atomic E-state index is -0.387. The van der Waals surface area contributed by atoms with Crippen molar-refractivity contribution < 1.29 is 9.59 Å². The van der Waals surface area contributed by atoms with Crippen LogP contribution in [0.25, 0.3) is 0 Å². The zero-order valence-electron chi connectivity index (χ0n) is 13.3. The quantitative estimate of drug-likeness (QED) is 0.853. The van der Waals surface area contributed by atoms with Crippen LogP contribution in [-0.2, 0) is 9.59 Å². The van der Waals surface area contributed by atoms with Crippen LogP contribution >= 0.6 is 0 Å². The summed E-state index contributed by atoms with van der Waals surface area (Å²) >= 11 is 0. The topological polar surface area (TPSA) is 49.4 Å². The fourth-order valence-electron chi connectivity index (χ4n) is 2.38. The van der Waals surface area contributed by atoms with Gasteiger partial charge in [-0.15, -0.1) is 0 Å². The van der Waals surface area contributed by atoms with Crippen LogP contribution in [0.1, 0.15) is 54.9 Å². The lowest BCUT2D eigenvalue weighted by Gasteiger charge is -2.46. The number of rotatable bonds is 3. The molecule has 1 heterocycles. The standard InChI is InChI=1S/C15H28N2O2/c1-8-9(2)12-14(19)17(10(3)13(18)16-12)11(4)15(5,6)7/h9-12H,8H2,1-7H3,(H,16,18). The van der Waals surface area contributed by atoms with Crippen LogP contribution < -0.4 is 5.32 Å². The molecule has 0 aromatic heterocycles. The number of carbonyl (C=O) groups excluding carboxylic acids is 2. The van der Waals surface area contributed by atoms with E-state index in [1.165, 1.54) is 0 Å². The van der Waals surface area contributed by atoms with E-state index in [0.717, 1.165) is 6.42 Å². The molecule has 0 aliphatic carbocycles. The monoisotopic (exact) mass is 268 g/mol. The van der Waals surface area contributed by atoms with Gasteiger partial charge >= 0.3 is 0 Å². The molecule has 1 N–H and O–H groups in total. The molecule has 0 aromatic rings. The predicted octanol–water partition coefficient (Wildman–Crippen LogP) is 2.18. The molecule has 19 heavy (non-hydrogen) atoms. The van der Waals surface area contributed by atoms with Gasteiger partial charge in [-0.3, -0.25) is 9.59 Å². The van der Waals surface area contributed by atoms with Gasteiger partial charge in [-0.25, -0.2) is 0 Å². The van der Waals surface area contributed by atoms with E-state index in [1.54, 1.807) is 4.90 Å². The van der Waals surface area contributed by atoms with Gasteiger partial charge in [0.15, 0.2) is 0 Å². The summed E-state index contributed by atoms with van der Waals surface area (Å²) in [6, 6.07) is -0.729. The second-order valence-electron chi connectivity index (χ2n) is 6.84. The van der Waals surface area contributed by atoms with Gasteiger partial charge in [0, 0.05) is 6.04 Å². The minimum Gasteiger partial charge on any atom is -0.342 e. The maximum absolute atomic E-state index is 12.7. The van der Waals surface area contributed by atoms with E-state index in [-0.39, 0.29) is 41.3 Å². The Morgan fingerprint density at radius 1 is 1.26 bits per heavy atom. The molecule has 1 saturated heterocycles. The summed E-state index contributed by atoms with van der Waals surface area (Å²) in [4.78, 5) is 26.6. The fraction of sp³-hybridized carbons (Fsp3) is 0.867. The highest BCUT2D eigenvalue weighted by Crippen LogP contribution is 2.29. The van der Waals surface area contributed by atoms with E-state index in [0.29, 0.717) is 0 Å². The Morgan fingerprint density at radius 3 is 2.21 bits per heavy atom. The summed E-state index contributed by atoms with van der Waals surface area (Å²) in [7, 11) is 0. The van der Waals surface area contributed by atoms with Crippen LogP contribution in [0, 0.1) is 11.3 Å². The highest BCUT2D eigenvalue weighted by Gasteiger charge is 2.44. The number of nitrogens with zero attached hydrogens (tertiary/aromatic N) is 1. The Labute approximate surface area is 116 Å². The Morgan fingerprint density at radius 2 is 1.79 bits per heavy atom. The second kappa shape index (κ2) is 5.51. The first kappa shape index (κ1) is 16.0. The Hall–Kier alpha value is -1.06. The van der Waals surface area contributed by atoms with Gasteiger partial charge in [-0.2, -0.15) is 0 Å². The van der Waals surface area contributed by atoms with E-state index < -0.39 is 0 Å². The van der Waals surface area contributed by atoms with Gasteiger partial charge in [0.05, 0.1) is 0 Å². The Bertz CT molecular complexity index is 360. The van der Waals surface area contributed by atoms with E-state index in [2.05, 4.69) is 26.1 Å². The summed E-state index contributed by atoms with van der Waals surface area (Å²) in [5.41, 5.74) is -0.0401. The number of hydrogen-bond donors (Lipinski definition) is 1. The average Bonchev–Trinajstić information content (AvgIpc) is 2.31. The molecule has 4 nitrogen and oxygen atoms in total. The first-order valence-corrected chi connectivity index (χ1v) is 7.23. The minimum absolute atomic E-state index is 0.0348. The predicted molar refractivity (Wildman–Crippen MR) is 76.6 cm³/mol. The molecule has 2 amide bonds. The molecule has 0 saturated carbocycles. The van der Waals surface area contributed by atoms with E-state index in [9.17, 15) is 9.59 Å². The van der Waals surface area contributed by atoms with Crippen LogP contribution in [0.2, 0.25) is 0 Å². The van der Waals surface area contributed by atoms with Gasteiger partial charge in [0.1, 0.15) is 12.1 Å². The van der Waals surface area contributed by atoms with Crippen LogP contribution in [0.5, 0.6) is 0 Å². The van der Waals surface area contributed by atoms with E-state index >= 15 is 0 Å². The number of nitrogens with one attached hydrogen (secondary N) is 1. The molecule has 1 aliphatic rings. The maximum atomic E-state index is 12.7. The second-order valence-corrected chi connectivity index (χ2v) is 6.84. The molecule has 4 unspecified atom stereocenters. The molecule has 110 valence electrons. The van der Waals surface area contributed by atoms with Crippen molar-refractivity contribution in [1.29, 1.82) is 0 Å². The summed E-state index contributed by atoms with van der Waals surface area (Å²) in [5.74, 6) is 0.184. The molecule has 4 heteroatoms. The van der Waals surface area contributed by atoms with Crippen molar-refractivity contribution in [1.82, 2.24) is 10.2 Å². The highest BCUT2D eigenvalue weighted by molar-refractivity contribution is 5.97. The first-order valence-electron chi connectivity index (χ1n) is 7.23. The Balaban J connectivity index is 3.06. The third-order valence-corrected chi connectivity index (χ3v) is 4.50. The van der Waals surface area contributed by atoms with Gasteiger partial charge in [0.2, 0.25) is 11.8 Å². The van der Waals surface area contributed by atoms with Crippen LogP contribution in [0.4, 0.5) is 0 Å². The van der Waals surface area contributed by atoms with Gasteiger partial charge in [0.25, 0.3) is 0 Å². The Kier molecular flexibility index (Phi) is 4.64. The molecular weight excluding hydrogens is 240 g/mol. The third-order valence-electron chi connectivity index (χ3n) is 4.50. The van der Waals surface area contributed by atoms with Crippen molar-refractivity contribution in [3.05, 3.63) is 0 Å². The molecule has 1 rings (SSSR count). The van der Waals surface area contributed by atoms with Gasteiger partial charge < -0.3 is 10.2 Å². The molecule has 1 aliphatic heterocycles. The van der Waals surface area contributed by atoms with E-state index in [4.69, 9.17) is 0 Å². The van der Waals surface area contributed by atoms with Crippen molar-refractivity contribution in [2.24, 2.45) is 11.3 Å². The largest absolute Gasteiger partial charge is 0.342 e. The summed E-state index contributed by atoms with van der Waals surface area (Å²) in [5, 5.41) is 2.87. The molecular formula is C15H28N2O2. The van der Waals surface area contributed by atoms with Crippen LogP contribution in [0.3, 0.4) is 0 Å². The fourth-order valence-corrected chi connectivity index (χ4v) is 2.38. The molecule has 4 atom stereocenters. The van der Waals surface area contributed by atoms with Gasteiger partial charge in [-0.1, -0.05) is 41.0 Å². The number of piperazine rings is 1. The number of carbonyl (C=O) groups is 2. The van der Waals surface area contributed by atoms with Gasteiger partial charge in [-0.05, 0) is 25.2 Å². The van der Waals surface area contributed by atoms with E-state index in [1.807, 2.05) is 27.7 Å². The van der Waals surface area contributed by atoms with Crippen molar-refractivity contribution in [3.63, 3.8) is 0 Å². The first-order chi connectivity index (χ1) is 8.61. The third kappa shape index (κ3) is 3.10. The smallest absolute Gasteiger partial charge is 0.246 e. The average molecular weight is 268 g/mol. The zero-order valence-corrected chi connectivity index (χ0v) is 13.3.